The van der Waals surface area contributed by atoms with Crippen LogP contribution < -0.4 is 0 Å². The zero-order valence-corrected chi connectivity index (χ0v) is 16.1. The second kappa shape index (κ2) is 7.18. The fourth-order valence-electron chi connectivity index (χ4n) is 2.08. The van der Waals surface area contributed by atoms with E-state index in [1.165, 1.54) is 18.2 Å². The van der Waals surface area contributed by atoms with Crippen molar-refractivity contribution in [1.29, 1.82) is 0 Å². The van der Waals surface area contributed by atoms with E-state index in [4.69, 9.17) is 0 Å². The minimum absolute atomic E-state index is 0. The number of fused-ring (bicyclic) bond motifs is 1. The maximum Gasteiger partial charge on any atom is 2.00 e. The molecule has 0 spiro atoms. The molecule has 0 atom stereocenters. The molecule has 0 heterocycles. The zero-order valence-electron chi connectivity index (χ0n) is 12.3. The van der Waals surface area contributed by atoms with Gasteiger partial charge in [0.15, 0.2) is 0 Å². The average molecular weight is 417 g/mol. The van der Waals surface area contributed by atoms with E-state index in [0.29, 0.717) is 12.3 Å². The maximum absolute atomic E-state index is 12.2. The summed E-state index contributed by atoms with van der Waals surface area (Å²) < 4.78 is 97.3. The van der Waals surface area contributed by atoms with Crippen LogP contribution >= 0.6 is 0 Å². The van der Waals surface area contributed by atoms with Gasteiger partial charge < -0.3 is 13.3 Å². The van der Waals surface area contributed by atoms with Crippen LogP contribution in [0.5, 0.6) is 0 Å². The van der Waals surface area contributed by atoms with Crippen LogP contribution in [0.4, 0.5) is 0 Å². The first-order chi connectivity index (χ1) is 10.9. The molecule has 0 aliphatic rings. The summed E-state index contributed by atoms with van der Waals surface area (Å²) in [5.74, 6) is 0. The summed E-state index contributed by atoms with van der Waals surface area (Å²) in [7, 11) is -16.1. The molecule has 0 aromatic heterocycles. The summed E-state index contributed by atoms with van der Waals surface area (Å²) in [6.45, 7) is 3.01. The predicted octanol–water partition coefficient (Wildman–Crippen LogP) is 0.116. The second-order valence-corrected chi connectivity index (χ2v) is 8.55. The van der Waals surface area contributed by atoms with Crippen molar-refractivity contribution in [3.8, 4) is 0 Å². The van der Waals surface area contributed by atoms with Crippen molar-refractivity contribution in [2.45, 2.75) is 14.7 Å². The second-order valence-electron chi connectivity index (χ2n) is 4.38. The van der Waals surface area contributed by atoms with E-state index >= 15 is 0 Å². The van der Waals surface area contributed by atoms with Crippen molar-refractivity contribution in [2.75, 3.05) is 0 Å². The van der Waals surface area contributed by atoms with Crippen LogP contribution in [0.1, 0.15) is 0 Å². The summed E-state index contributed by atoms with van der Waals surface area (Å²) in [5.41, 5.74) is 0. The number of hydrogen-bond acceptors (Lipinski definition) is 9. The maximum atomic E-state index is 12.2. The van der Waals surface area contributed by atoms with Crippen LogP contribution in [-0.2, 0) is 34.5 Å². The zero-order chi connectivity index (χ0) is 18.3. The number of hydrogen-bond donors (Lipinski definition) is 0. The van der Waals surface area contributed by atoms with Gasteiger partial charge in [0.1, 0.15) is 25.1 Å². The molecule has 0 fully saturated rings. The number of benzene rings is 2. The molecule has 0 radical (unpaired) electrons. The molecule has 0 amide bonds. The fraction of sp³-hybridized carbons (Fsp3) is 0. The average Bonchev–Trinajstić information content (AvgIpc) is 2.43. The topological polar surface area (TPSA) is 158 Å². The van der Waals surface area contributed by atoms with Gasteiger partial charge in [0.2, 0.25) is 0 Å². The smallest absolute Gasteiger partial charge is 0.744 e. The molecular weight excluding hydrogens is 409 g/mol. The molecular formula is C12H8MgO9S3. The molecule has 0 aliphatic carbocycles. The minimum Gasteiger partial charge on any atom is -0.744 e. The van der Waals surface area contributed by atoms with E-state index in [-0.39, 0.29) is 33.8 Å². The Labute approximate surface area is 160 Å². The molecule has 2 rings (SSSR count). The summed E-state index contributed by atoms with van der Waals surface area (Å²) in [6.07, 6.45) is 0.448. The third-order valence-corrected chi connectivity index (χ3v) is 6.24. The Kier molecular flexibility index (Phi) is 6.27. The van der Waals surface area contributed by atoms with Gasteiger partial charge in [0, 0.05) is 5.39 Å². The van der Waals surface area contributed by atoms with Gasteiger partial charge >= 0.3 is 33.2 Å². The molecule has 2 aromatic rings. The largest absolute Gasteiger partial charge is 2.00 e. The predicted molar refractivity (Wildman–Crippen MR) is 84.1 cm³/mol. The first kappa shape index (κ1) is 21.8. The van der Waals surface area contributed by atoms with E-state index in [1.54, 1.807) is 0 Å². The van der Waals surface area contributed by atoms with Crippen LogP contribution in [0.25, 0.3) is 10.8 Å². The van der Waals surface area contributed by atoms with E-state index < -0.39 is 45.0 Å². The monoisotopic (exact) mass is 416 g/mol. The van der Waals surface area contributed by atoms with Gasteiger partial charge in [-0.15, -0.1) is 0 Å². The van der Waals surface area contributed by atoms with Crippen LogP contribution in [0, 0.1) is 0 Å². The number of rotatable bonds is 5. The van der Waals surface area contributed by atoms with Crippen molar-refractivity contribution in [3.63, 3.8) is 0 Å². The molecule has 2 aromatic carbocycles. The van der Waals surface area contributed by atoms with E-state index in [0.717, 1.165) is 6.07 Å². The van der Waals surface area contributed by atoms with Gasteiger partial charge in [-0.2, -0.15) is 8.42 Å². The standard InChI is InChI=1S/C12H10O9S3.Mg/c1-2-21-24(19,20)11-9-6-4-3-5-8(9)7-10(22(13,14)15)12(11)23(16,17)18;/h2-7H,1H2,(H,13,14,15)(H,16,17,18);/q;+2/p-2. The summed E-state index contributed by atoms with van der Waals surface area (Å²) in [4.78, 5) is -4.38. The van der Waals surface area contributed by atoms with Crippen LogP contribution in [0.2, 0.25) is 0 Å². The molecule has 9 nitrogen and oxygen atoms in total. The van der Waals surface area contributed by atoms with Crippen LogP contribution in [-0.4, -0.2) is 57.4 Å². The SMILES string of the molecule is C=COS(=O)(=O)c1c(S(=O)(=O)[O-])c(S(=O)(=O)[O-])cc2ccccc12.[Mg+2]. The van der Waals surface area contributed by atoms with Crippen LogP contribution in [0.3, 0.4) is 0 Å². The molecule has 0 saturated heterocycles. The molecule has 25 heavy (non-hydrogen) atoms. The molecule has 0 N–H and O–H groups in total. The van der Waals surface area contributed by atoms with Crippen molar-refractivity contribution in [2.24, 2.45) is 0 Å². The van der Waals surface area contributed by atoms with Gasteiger partial charge in [0.05, 0.1) is 16.1 Å². The van der Waals surface area contributed by atoms with E-state index in [9.17, 15) is 34.4 Å². The van der Waals surface area contributed by atoms with Crippen molar-refractivity contribution >= 4 is 64.2 Å². The molecule has 0 bridgehead atoms. The normalized spacial score (nSPS) is 12.4. The third kappa shape index (κ3) is 4.31. The third-order valence-electron chi connectivity index (χ3n) is 2.89. The molecule has 130 valence electrons. The quantitative estimate of drug-likeness (QED) is 0.285. The van der Waals surface area contributed by atoms with E-state index in [1.807, 2.05) is 0 Å². The fourth-order valence-corrected chi connectivity index (χ4v) is 5.68. The summed E-state index contributed by atoms with van der Waals surface area (Å²) in [5, 5.41) is -0.397. The van der Waals surface area contributed by atoms with E-state index in [2.05, 4.69) is 10.8 Å². The van der Waals surface area contributed by atoms with Crippen LogP contribution in [0.15, 0.2) is 57.9 Å². The molecule has 0 aliphatic heterocycles. The Balaban J connectivity index is 0.00000312. The van der Waals surface area contributed by atoms with Crippen molar-refractivity contribution in [1.82, 2.24) is 0 Å². The summed E-state index contributed by atoms with van der Waals surface area (Å²) in [6, 6.07) is 5.69. The Morgan fingerprint density at radius 1 is 0.920 bits per heavy atom. The van der Waals surface area contributed by atoms with Gasteiger partial charge in [-0.05, 0) is 11.5 Å². The van der Waals surface area contributed by atoms with Gasteiger partial charge in [0.25, 0.3) is 0 Å². The molecule has 13 heteroatoms. The van der Waals surface area contributed by atoms with Crippen molar-refractivity contribution in [3.05, 3.63) is 43.2 Å². The molecule has 0 unspecified atom stereocenters. The van der Waals surface area contributed by atoms with Gasteiger partial charge in [-0.3, -0.25) is 0 Å². The molecule has 0 saturated carbocycles. The summed E-state index contributed by atoms with van der Waals surface area (Å²) >= 11 is 0. The van der Waals surface area contributed by atoms with Gasteiger partial charge in [-0.25, -0.2) is 16.8 Å². The first-order valence-electron chi connectivity index (χ1n) is 5.91. The Morgan fingerprint density at radius 3 is 1.96 bits per heavy atom. The van der Waals surface area contributed by atoms with Gasteiger partial charge in [-0.1, -0.05) is 30.8 Å². The van der Waals surface area contributed by atoms with Crippen molar-refractivity contribution < 1.29 is 38.5 Å². The Hall–Kier alpha value is -1.22. The first-order valence-corrected chi connectivity index (χ1v) is 10.1. The minimum atomic E-state index is -5.66. The Bertz CT molecular complexity index is 1150. The Morgan fingerprint density at radius 2 is 1.48 bits per heavy atom.